The summed E-state index contributed by atoms with van der Waals surface area (Å²) in [6.07, 6.45) is 3.13. The zero-order valence-corrected chi connectivity index (χ0v) is 11.5. The van der Waals surface area contributed by atoms with Crippen molar-refractivity contribution in [2.45, 2.75) is 32.2 Å². The number of amides is 1. The molecule has 0 spiro atoms. The van der Waals surface area contributed by atoms with E-state index in [1.165, 1.54) is 6.42 Å². The van der Waals surface area contributed by atoms with E-state index < -0.39 is 0 Å². The van der Waals surface area contributed by atoms with E-state index in [1.54, 1.807) is 7.11 Å². The van der Waals surface area contributed by atoms with Gasteiger partial charge in [0.15, 0.2) is 0 Å². The topological polar surface area (TPSA) is 61.8 Å². The van der Waals surface area contributed by atoms with Crippen molar-refractivity contribution < 1.29 is 14.6 Å². The van der Waals surface area contributed by atoms with Gasteiger partial charge < -0.3 is 15.2 Å². The SMILES string of the molecule is COCC(C)NC(=O)CN1CCCC(CCO)C1. The number of piperidine rings is 1. The summed E-state index contributed by atoms with van der Waals surface area (Å²) in [5.74, 6) is 0.595. The Morgan fingerprint density at radius 2 is 2.39 bits per heavy atom. The van der Waals surface area contributed by atoms with Crippen LogP contribution in [0.2, 0.25) is 0 Å². The molecule has 106 valence electrons. The van der Waals surface area contributed by atoms with E-state index in [0.29, 0.717) is 19.1 Å². The van der Waals surface area contributed by atoms with Gasteiger partial charge >= 0.3 is 0 Å². The highest BCUT2D eigenvalue weighted by atomic mass is 16.5. The molecule has 1 amide bonds. The second-order valence-electron chi connectivity index (χ2n) is 5.18. The fourth-order valence-electron chi connectivity index (χ4n) is 2.53. The molecule has 2 N–H and O–H groups in total. The molecule has 0 aromatic rings. The number of hydrogen-bond acceptors (Lipinski definition) is 4. The van der Waals surface area contributed by atoms with Gasteiger partial charge in [0.05, 0.1) is 13.2 Å². The Morgan fingerprint density at radius 1 is 1.61 bits per heavy atom. The molecule has 2 atom stereocenters. The average Bonchev–Trinajstić information content (AvgIpc) is 2.29. The van der Waals surface area contributed by atoms with Crippen LogP contribution in [-0.4, -0.2) is 61.9 Å². The highest BCUT2D eigenvalue weighted by Gasteiger charge is 2.21. The van der Waals surface area contributed by atoms with Crippen molar-refractivity contribution in [1.29, 1.82) is 0 Å². The molecule has 18 heavy (non-hydrogen) atoms. The van der Waals surface area contributed by atoms with Crippen molar-refractivity contribution in [2.24, 2.45) is 5.92 Å². The smallest absolute Gasteiger partial charge is 0.234 e. The molecule has 1 heterocycles. The summed E-state index contributed by atoms with van der Waals surface area (Å²) in [5, 5.41) is 11.9. The first-order chi connectivity index (χ1) is 8.65. The van der Waals surface area contributed by atoms with Crippen LogP contribution in [-0.2, 0) is 9.53 Å². The van der Waals surface area contributed by atoms with Gasteiger partial charge in [-0.2, -0.15) is 0 Å². The minimum Gasteiger partial charge on any atom is -0.396 e. The number of aliphatic hydroxyl groups is 1. The largest absolute Gasteiger partial charge is 0.396 e. The number of methoxy groups -OCH3 is 1. The molecule has 0 saturated carbocycles. The lowest BCUT2D eigenvalue weighted by molar-refractivity contribution is -0.123. The maximum atomic E-state index is 11.8. The summed E-state index contributed by atoms with van der Waals surface area (Å²) in [5.41, 5.74) is 0. The first-order valence-corrected chi connectivity index (χ1v) is 6.77. The molecule has 5 nitrogen and oxygen atoms in total. The summed E-state index contributed by atoms with van der Waals surface area (Å²) < 4.78 is 4.99. The van der Waals surface area contributed by atoms with Gasteiger partial charge in [0, 0.05) is 26.3 Å². The Morgan fingerprint density at radius 3 is 3.06 bits per heavy atom. The number of nitrogens with one attached hydrogen (secondary N) is 1. The molecule has 2 unspecified atom stereocenters. The Labute approximate surface area is 109 Å². The number of likely N-dealkylation sites (tertiary alicyclic amines) is 1. The van der Waals surface area contributed by atoms with Crippen molar-refractivity contribution in [3.8, 4) is 0 Å². The summed E-state index contributed by atoms with van der Waals surface area (Å²) in [6, 6.07) is 0.0560. The van der Waals surface area contributed by atoms with Gasteiger partial charge in [0.1, 0.15) is 0 Å². The normalized spacial score (nSPS) is 22.7. The number of hydrogen-bond donors (Lipinski definition) is 2. The second kappa shape index (κ2) is 8.45. The monoisotopic (exact) mass is 258 g/mol. The maximum absolute atomic E-state index is 11.8. The van der Waals surface area contributed by atoms with Gasteiger partial charge in [0.25, 0.3) is 0 Å². The van der Waals surface area contributed by atoms with Gasteiger partial charge in [-0.05, 0) is 38.6 Å². The van der Waals surface area contributed by atoms with Crippen molar-refractivity contribution in [2.75, 3.05) is 40.0 Å². The minimum atomic E-state index is 0.0560. The van der Waals surface area contributed by atoms with Gasteiger partial charge in [0.2, 0.25) is 5.91 Å². The Hall–Kier alpha value is -0.650. The lowest BCUT2D eigenvalue weighted by atomic mass is 9.95. The molecule has 1 fully saturated rings. The quantitative estimate of drug-likeness (QED) is 0.686. The van der Waals surface area contributed by atoms with E-state index >= 15 is 0 Å². The van der Waals surface area contributed by atoms with Crippen LogP contribution in [0.25, 0.3) is 0 Å². The van der Waals surface area contributed by atoms with Gasteiger partial charge in [-0.15, -0.1) is 0 Å². The van der Waals surface area contributed by atoms with Gasteiger partial charge in [-0.25, -0.2) is 0 Å². The molecule has 1 saturated heterocycles. The van der Waals surface area contributed by atoms with Crippen LogP contribution in [0.5, 0.6) is 0 Å². The van der Waals surface area contributed by atoms with E-state index in [4.69, 9.17) is 9.84 Å². The zero-order chi connectivity index (χ0) is 13.4. The lowest BCUT2D eigenvalue weighted by Crippen LogP contribution is -2.45. The third kappa shape index (κ3) is 5.80. The molecule has 0 radical (unpaired) electrons. The van der Waals surface area contributed by atoms with E-state index in [9.17, 15) is 4.79 Å². The van der Waals surface area contributed by atoms with Crippen LogP contribution in [0.15, 0.2) is 0 Å². The molecule has 1 rings (SSSR count). The number of aliphatic hydroxyl groups excluding tert-OH is 1. The molecule has 1 aliphatic heterocycles. The number of nitrogens with zero attached hydrogens (tertiary/aromatic N) is 1. The predicted molar refractivity (Wildman–Crippen MR) is 70.3 cm³/mol. The van der Waals surface area contributed by atoms with Crippen LogP contribution >= 0.6 is 0 Å². The van der Waals surface area contributed by atoms with E-state index in [2.05, 4.69) is 10.2 Å². The number of carbonyl (C=O) groups is 1. The summed E-state index contributed by atoms with van der Waals surface area (Å²) in [7, 11) is 1.63. The fourth-order valence-corrected chi connectivity index (χ4v) is 2.53. The van der Waals surface area contributed by atoms with Crippen LogP contribution in [0, 0.1) is 5.92 Å². The van der Waals surface area contributed by atoms with Crippen molar-refractivity contribution in [3.63, 3.8) is 0 Å². The number of ether oxygens (including phenoxy) is 1. The van der Waals surface area contributed by atoms with Crippen molar-refractivity contribution >= 4 is 5.91 Å². The highest BCUT2D eigenvalue weighted by Crippen LogP contribution is 2.18. The van der Waals surface area contributed by atoms with E-state index in [1.807, 2.05) is 6.92 Å². The molecule has 0 aromatic carbocycles. The third-order valence-electron chi connectivity index (χ3n) is 3.33. The minimum absolute atomic E-state index is 0.0560. The van der Waals surface area contributed by atoms with Crippen molar-refractivity contribution in [1.82, 2.24) is 10.2 Å². The Kier molecular flexibility index (Phi) is 7.23. The summed E-state index contributed by atoms with van der Waals surface area (Å²) in [6.45, 7) is 5.08. The first kappa shape index (κ1) is 15.4. The standard InChI is InChI=1S/C13H26N2O3/c1-11(10-18-2)14-13(17)9-15-6-3-4-12(8-15)5-7-16/h11-12,16H,3-10H2,1-2H3,(H,14,17). The molecular weight excluding hydrogens is 232 g/mol. The Bertz CT molecular complexity index is 246. The fraction of sp³-hybridized carbons (Fsp3) is 0.923. The molecule has 0 aliphatic carbocycles. The van der Waals surface area contributed by atoms with Crippen molar-refractivity contribution in [3.05, 3.63) is 0 Å². The lowest BCUT2D eigenvalue weighted by Gasteiger charge is -2.32. The van der Waals surface area contributed by atoms with Crippen LogP contribution in [0.4, 0.5) is 0 Å². The van der Waals surface area contributed by atoms with E-state index in [-0.39, 0.29) is 18.6 Å². The molecular formula is C13H26N2O3. The third-order valence-corrected chi connectivity index (χ3v) is 3.33. The zero-order valence-electron chi connectivity index (χ0n) is 11.5. The Balaban J connectivity index is 2.26. The van der Waals surface area contributed by atoms with Gasteiger partial charge in [-0.1, -0.05) is 0 Å². The van der Waals surface area contributed by atoms with Crippen LogP contribution < -0.4 is 5.32 Å². The summed E-state index contributed by atoms with van der Waals surface area (Å²) in [4.78, 5) is 14.0. The van der Waals surface area contributed by atoms with E-state index in [0.717, 1.165) is 25.9 Å². The molecule has 0 aromatic heterocycles. The van der Waals surface area contributed by atoms with Crippen LogP contribution in [0.3, 0.4) is 0 Å². The molecule has 5 heteroatoms. The summed E-state index contributed by atoms with van der Waals surface area (Å²) >= 11 is 0. The van der Waals surface area contributed by atoms with Crippen LogP contribution in [0.1, 0.15) is 26.2 Å². The van der Waals surface area contributed by atoms with Gasteiger partial charge in [-0.3, -0.25) is 9.69 Å². The maximum Gasteiger partial charge on any atom is 0.234 e. The predicted octanol–water partition coefficient (Wildman–Crippen LogP) is 0.232. The molecule has 1 aliphatic rings. The second-order valence-corrected chi connectivity index (χ2v) is 5.18. The molecule has 0 bridgehead atoms. The average molecular weight is 258 g/mol. The number of carbonyl (C=O) groups excluding carboxylic acids is 1. The highest BCUT2D eigenvalue weighted by molar-refractivity contribution is 5.78. The first-order valence-electron chi connectivity index (χ1n) is 6.77. The number of rotatable bonds is 7.